The zero-order valence-corrected chi connectivity index (χ0v) is 13.6. The molecule has 0 radical (unpaired) electrons. The molecule has 6 heteroatoms. The second-order valence-corrected chi connectivity index (χ2v) is 5.18. The summed E-state index contributed by atoms with van der Waals surface area (Å²) < 4.78 is 5.64. The maximum atomic E-state index is 11.1. The number of pyridine rings is 1. The van der Waals surface area contributed by atoms with Crippen LogP contribution in [0.1, 0.15) is 42.2 Å². The minimum Gasteiger partial charge on any atom is -0.494 e. The Hall–Kier alpha value is -2.73. The summed E-state index contributed by atoms with van der Waals surface area (Å²) in [5, 5.41) is 9.32. The molecule has 0 aliphatic heterocycles. The first kappa shape index (κ1) is 17.6. The smallest absolute Gasteiger partial charge is 0.177 e. The van der Waals surface area contributed by atoms with Crippen molar-refractivity contribution in [1.82, 2.24) is 10.5 Å². The fourth-order valence-corrected chi connectivity index (χ4v) is 2.13. The van der Waals surface area contributed by atoms with Crippen molar-refractivity contribution < 1.29 is 14.7 Å². The van der Waals surface area contributed by atoms with Gasteiger partial charge in [0.05, 0.1) is 12.3 Å². The molecule has 0 spiro atoms. The van der Waals surface area contributed by atoms with Crippen LogP contribution in [0.5, 0.6) is 5.75 Å². The lowest BCUT2D eigenvalue weighted by Gasteiger charge is -2.08. The average molecular weight is 327 g/mol. The molecule has 0 aliphatic carbocycles. The third kappa shape index (κ3) is 4.89. The molecule has 2 rings (SSSR count). The van der Waals surface area contributed by atoms with Crippen molar-refractivity contribution in [3.8, 4) is 5.75 Å². The molecule has 0 saturated carbocycles. The lowest BCUT2D eigenvalue weighted by Crippen LogP contribution is -2.22. The highest BCUT2D eigenvalue weighted by Gasteiger charge is 2.10. The van der Waals surface area contributed by atoms with Gasteiger partial charge in [0.15, 0.2) is 12.1 Å². The van der Waals surface area contributed by atoms with Gasteiger partial charge < -0.3 is 4.74 Å². The van der Waals surface area contributed by atoms with Crippen molar-refractivity contribution in [2.45, 2.75) is 26.2 Å². The van der Waals surface area contributed by atoms with Gasteiger partial charge >= 0.3 is 0 Å². The molecule has 6 nitrogen and oxygen atoms in total. The fraction of sp³-hybridized carbons (Fsp3) is 0.278. The zero-order valence-electron chi connectivity index (χ0n) is 13.6. The van der Waals surface area contributed by atoms with E-state index in [2.05, 4.69) is 16.9 Å². The van der Waals surface area contributed by atoms with Gasteiger partial charge in [0.25, 0.3) is 0 Å². The SMILES string of the molecule is CCCCCOc1ccc(N=C(NO)c2ncccc2C=O)cc1. The van der Waals surface area contributed by atoms with Gasteiger partial charge in [-0.2, -0.15) is 0 Å². The van der Waals surface area contributed by atoms with E-state index in [4.69, 9.17) is 4.74 Å². The van der Waals surface area contributed by atoms with E-state index in [1.807, 2.05) is 17.6 Å². The van der Waals surface area contributed by atoms with Crippen molar-refractivity contribution in [3.63, 3.8) is 0 Å². The minimum atomic E-state index is 0.106. The van der Waals surface area contributed by atoms with E-state index >= 15 is 0 Å². The quantitative estimate of drug-likeness (QED) is 0.255. The summed E-state index contributed by atoms with van der Waals surface area (Å²) in [7, 11) is 0. The Kier molecular flexibility index (Phi) is 6.91. The lowest BCUT2D eigenvalue weighted by atomic mass is 10.2. The number of amidine groups is 1. The van der Waals surface area contributed by atoms with Crippen LogP contribution in [0.25, 0.3) is 0 Å². The van der Waals surface area contributed by atoms with E-state index in [-0.39, 0.29) is 11.5 Å². The number of hydrogen-bond donors (Lipinski definition) is 2. The van der Waals surface area contributed by atoms with E-state index < -0.39 is 0 Å². The molecular formula is C18H21N3O3. The Bertz CT molecular complexity index is 684. The second kappa shape index (κ2) is 9.42. The molecule has 0 aliphatic rings. The molecular weight excluding hydrogens is 306 g/mol. The van der Waals surface area contributed by atoms with E-state index in [1.54, 1.807) is 24.3 Å². The Morgan fingerprint density at radius 2 is 2.08 bits per heavy atom. The number of hydrogen-bond acceptors (Lipinski definition) is 5. The summed E-state index contributed by atoms with van der Waals surface area (Å²) in [6.45, 7) is 2.84. The number of aliphatic imine (C=N–C) groups is 1. The van der Waals surface area contributed by atoms with Crippen molar-refractivity contribution >= 4 is 17.8 Å². The molecule has 24 heavy (non-hydrogen) atoms. The largest absolute Gasteiger partial charge is 0.494 e. The summed E-state index contributed by atoms with van der Waals surface area (Å²) >= 11 is 0. The highest BCUT2D eigenvalue weighted by molar-refractivity contribution is 6.03. The van der Waals surface area contributed by atoms with Crippen molar-refractivity contribution in [2.75, 3.05) is 6.61 Å². The number of aldehydes is 1. The van der Waals surface area contributed by atoms with E-state index in [1.165, 1.54) is 6.20 Å². The number of benzene rings is 1. The van der Waals surface area contributed by atoms with Crippen LogP contribution in [-0.2, 0) is 0 Å². The highest BCUT2D eigenvalue weighted by atomic mass is 16.5. The van der Waals surface area contributed by atoms with Crippen LogP contribution in [0.15, 0.2) is 47.6 Å². The maximum absolute atomic E-state index is 11.1. The molecule has 1 aromatic heterocycles. The molecule has 2 aromatic rings. The predicted octanol–water partition coefficient (Wildman–Crippen LogP) is 3.52. The Labute approximate surface area is 141 Å². The molecule has 0 fully saturated rings. The topological polar surface area (TPSA) is 83.8 Å². The average Bonchev–Trinajstić information content (AvgIpc) is 2.64. The number of unbranched alkanes of at least 4 members (excludes halogenated alkanes) is 2. The lowest BCUT2D eigenvalue weighted by molar-refractivity contribution is 0.112. The number of nitrogens with zero attached hydrogens (tertiary/aromatic N) is 2. The Morgan fingerprint density at radius 3 is 2.75 bits per heavy atom. The molecule has 1 heterocycles. The zero-order chi connectivity index (χ0) is 17.2. The highest BCUT2D eigenvalue weighted by Crippen LogP contribution is 2.19. The van der Waals surface area contributed by atoms with Crippen molar-refractivity contribution in [2.24, 2.45) is 4.99 Å². The summed E-state index contributed by atoms with van der Waals surface area (Å²) in [6.07, 6.45) is 5.54. The number of ether oxygens (including phenoxy) is 1. The van der Waals surface area contributed by atoms with E-state index in [9.17, 15) is 10.0 Å². The number of carbonyl (C=O) groups excluding carboxylic acids is 1. The molecule has 0 saturated heterocycles. The number of hydroxylamine groups is 1. The second-order valence-electron chi connectivity index (χ2n) is 5.18. The van der Waals surface area contributed by atoms with Crippen LogP contribution in [-0.4, -0.2) is 28.9 Å². The van der Waals surface area contributed by atoms with E-state index in [0.29, 0.717) is 24.1 Å². The summed E-state index contributed by atoms with van der Waals surface area (Å²) in [6, 6.07) is 10.4. The number of carbonyl (C=O) groups is 1. The van der Waals surface area contributed by atoms with Gasteiger partial charge in [0.1, 0.15) is 11.4 Å². The van der Waals surface area contributed by atoms with Crippen LogP contribution in [0.2, 0.25) is 0 Å². The first-order chi connectivity index (χ1) is 11.8. The Morgan fingerprint density at radius 1 is 1.29 bits per heavy atom. The number of aromatic nitrogens is 1. The molecule has 0 amide bonds. The molecule has 2 N–H and O–H groups in total. The van der Waals surface area contributed by atoms with Crippen LogP contribution < -0.4 is 10.2 Å². The van der Waals surface area contributed by atoms with Gasteiger partial charge in [-0.1, -0.05) is 19.8 Å². The molecule has 0 bridgehead atoms. The van der Waals surface area contributed by atoms with Gasteiger partial charge in [-0.25, -0.2) is 4.99 Å². The number of rotatable bonds is 8. The summed E-state index contributed by atoms with van der Waals surface area (Å²) in [5.74, 6) is 0.879. The van der Waals surface area contributed by atoms with Crippen LogP contribution in [0.3, 0.4) is 0 Å². The maximum Gasteiger partial charge on any atom is 0.177 e. The molecule has 126 valence electrons. The third-order valence-electron chi connectivity index (χ3n) is 3.39. The van der Waals surface area contributed by atoms with Crippen molar-refractivity contribution in [1.29, 1.82) is 0 Å². The van der Waals surface area contributed by atoms with Gasteiger partial charge in [0.2, 0.25) is 0 Å². The molecule has 0 atom stereocenters. The van der Waals surface area contributed by atoms with Crippen molar-refractivity contribution in [3.05, 3.63) is 53.9 Å². The standard InChI is InChI=1S/C18H21N3O3/c1-2-3-4-12-24-16-9-7-15(8-10-16)20-18(21-23)17-14(13-22)6-5-11-19-17/h5-11,13,23H,2-4,12H2,1H3,(H,20,21). The molecule has 0 unspecified atom stereocenters. The van der Waals surface area contributed by atoms with Crippen LogP contribution in [0, 0.1) is 0 Å². The minimum absolute atomic E-state index is 0.106. The van der Waals surface area contributed by atoms with Gasteiger partial charge in [-0.15, -0.1) is 0 Å². The van der Waals surface area contributed by atoms with Gasteiger partial charge in [-0.3, -0.25) is 20.5 Å². The monoisotopic (exact) mass is 327 g/mol. The molecule has 1 aromatic carbocycles. The summed E-state index contributed by atoms with van der Waals surface area (Å²) in [4.78, 5) is 19.4. The first-order valence-corrected chi connectivity index (χ1v) is 7.90. The predicted molar refractivity (Wildman–Crippen MR) is 92.2 cm³/mol. The van der Waals surface area contributed by atoms with Gasteiger partial charge in [-0.05, 0) is 42.8 Å². The summed E-state index contributed by atoms with van der Waals surface area (Å²) in [5.41, 5.74) is 3.24. The third-order valence-corrected chi connectivity index (χ3v) is 3.39. The Balaban J connectivity index is 2.12. The number of nitrogens with one attached hydrogen (secondary N) is 1. The van der Waals surface area contributed by atoms with Crippen LogP contribution in [0.4, 0.5) is 5.69 Å². The van der Waals surface area contributed by atoms with E-state index in [0.717, 1.165) is 25.0 Å². The van der Waals surface area contributed by atoms with Crippen LogP contribution >= 0.6 is 0 Å². The fourth-order valence-electron chi connectivity index (χ4n) is 2.13. The first-order valence-electron chi connectivity index (χ1n) is 7.90. The normalized spacial score (nSPS) is 11.2. The van der Waals surface area contributed by atoms with Gasteiger partial charge in [0, 0.05) is 11.8 Å².